The topological polar surface area (TPSA) is 86.3 Å². The monoisotopic (exact) mass is 382 g/mol. The summed E-state index contributed by atoms with van der Waals surface area (Å²) < 4.78 is 8.61. The molecule has 138 valence electrons. The number of nitrogens with zero attached hydrogens (tertiary/aromatic N) is 5. The summed E-state index contributed by atoms with van der Waals surface area (Å²) in [5.41, 5.74) is 1.44. The van der Waals surface area contributed by atoms with Crippen LogP contribution in [0.15, 0.2) is 47.5 Å². The number of aryl methyl sites for hydroxylation is 2. The third-order valence-corrected chi connectivity index (χ3v) is 5.02. The molecule has 8 nitrogen and oxygen atoms in total. The molecule has 1 aromatic carbocycles. The first-order chi connectivity index (χ1) is 13.0. The quantitative estimate of drug-likeness (QED) is 0.570. The molecule has 27 heavy (non-hydrogen) atoms. The van der Waals surface area contributed by atoms with E-state index in [0.29, 0.717) is 15.8 Å². The normalized spacial score (nSPS) is 12.3. The van der Waals surface area contributed by atoms with Gasteiger partial charge in [-0.1, -0.05) is 23.5 Å². The molecule has 0 spiro atoms. The molecule has 3 aromatic heterocycles. The van der Waals surface area contributed by atoms with Gasteiger partial charge in [-0.25, -0.2) is 9.97 Å². The van der Waals surface area contributed by atoms with Crippen LogP contribution < -0.4 is 15.6 Å². The van der Waals surface area contributed by atoms with E-state index in [-0.39, 0.29) is 11.6 Å². The smallest absolute Gasteiger partial charge is 0.275 e. The van der Waals surface area contributed by atoms with Gasteiger partial charge in [0.05, 0.1) is 7.11 Å². The zero-order chi connectivity index (χ0) is 19.0. The predicted octanol–water partition coefficient (Wildman–Crippen LogP) is 2.40. The van der Waals surface area contributed by atoms with Crippen molar-refractivity contribution in [2.24, 2.45) is 7.05 Å². The van der Waals surface area contributed by atoms with E-state index in [1.807, 2.05) is 42.1 Å². The van der Waals surface area contributed by atoms with Crippen molar-refractivity contribution in [2.75, 3.05) is 12.4 Å². The number of hydrogen-bond donors (Lipinski definition) is 1. The highest BCUT2D eigenvalue weighted by atomic mass is 32.1. The third-order valence-electron chi connectivity index (χ3n) is 4.18. The highest BCUT2D eigenvalue weighted by Gasteiger charge is 2.21. The van der Waals surface area contributed by atoms with E-state index in [2.05, 4.69) is 20.4 Å². The molecule has 9 heteroatoms. The molecule has 4 rings (SSSR count). The van der Waals surface area contributed by atoms with Crippen molar-refractivity contribution < 1.29 is 4.74 Å². The van der Waals surface area contributed by atoms with Crippen molar-refractivity contribution in [1.29, 1.82) is 0 Å². The van der Waals surface area contributed by atoms with Gasteiger partial charge < -0.3 is 14.6 Å². The fraction of sp³-hybridized carbons (Fsp3) is 0.222. The Kier molecular flexibility index (Phi) is 4.36. The summed E-state index contributed by atoms with van der Waals surface area (Å²) in [6, 6.07) is 8.97. The van der Waals surface area contributed by atoms with Gasteiger partial charge in [-0.15, -0.1) is 5.10 Å². The standard InChI is InChI=1S/C18H18N6O2S/c1-11-9-14(25)24-18(20-11)27-17(22-24)21-15(16-19-7-8-23(16)2)12-5-4-6-13(10-12)26-3/h4-10,15H,1-3H3,(H,21,22). The van der Waals surface area contributed by atoms with Gasteiger partial charge in [0, 0.05) is 31.2 Å². The average molecular weight is 382 g/mol. The Morgan fingerprint density at radius 2 is 2.15 bits per heavy atom. The van der Waals surface area contributed by atoms with Crippen LogP contribution >= 0.6 is 11.3 Å². The minimum absolute atomic E-state index is 0.197. The molecule has 1 atom stereocenters. The first-order valence-electron chi connectivity index (χ1n) is 8.30. The van der Waals surface area contributed by atoms with Crippen LogP contribution in [0.1, 0.15) is 23.1 Å². The largest absolute Gasteiger partial charge is 0.497 e. The number of benzene rings is 1. The number of ether oxygens (including phenoxy) is 1. The number of aromatic nitrogens is 5. The van der Waals surface area contributed by atoms with Gasteiger partial charge in [0.1, 0.15) is 17.6 Å². The number of fused-ring (bicyclic) bond motifs is 1. The molecular formula is C18H18N6O2S. The maximum atomic E-state index is 12.1. The van der Waals surface area contributed by atoms with Gasteiger partial charge in [0.2, 0.25) is 10.1 Å². The molecule has 3 heterocycles. The van der Waals surface area contributed by atoms with Crippen LogP contribution in [0.4, 0.5) is 5.13 Å². The molecule has 4 aromatic rings. The zero-order valence-corrected chi connectivity index (χ0v) is 15.9. The molecule has 1 unspecified atom stereocenters. The number of methoxy groups -OCH3 is 1. The second-order valence-corrected chi connectivity index (χ2v) is 7.04. The molecule has 0 saturated heterocycles. The lowest BCUT2D eigenvalue weighted by molar-refractivity contribution is 0.414. The highest BCUT2D eigenvalue weighted by Crippen LogP contribution is 2.29. The zero-order valence-electron chi connectivity index (χ0n) is 15.1. The Labute approximate surface area is 159 Å². The first-order valence-corrected chi connectivity index (χ1v) is 9.12. The summed E-state index contributed by atoms with van der Waals surface area (Å²) in [5, 5.41) is 8.36. The summed E-state index contributed by atoms with van der Waals surface area (Å²) in [6.45, 7) is 1.79. The minimum atomic E-state index is -0.266. The van der Waals surface area contributed by atoms with Crippen molar-refractivity contribution >= 4 is 21.4 Å². The minimum Gasteiger partial charge on any atom is -0.497 e. The van der Waals surface area contributed by atoms with Gasteiger partial charge in [-0.3, -0.25) is 4.79 Å². The number of hydrogen-bond acceptors (Lipinski definition) is 7. The average Bonchev–Trinajstić information content (AvgIpc) is 3.25. The molecular weight excluding hydrogens is 364 g/mol. The summed E-state index contributed by atoms with van der Waals surface area (Å²) in [4.78, 5) is 21.6. The van der Waals surface area contributed by atoms with Gasteiger partial charge in [-0.05, 0) is 24.6 Å². The lowest BCUT2D eigenvalue weighted by atomic mass is 10.1. The van der Waals surface area contributed by atoms with E-state index in [1.165, 1.54) is 21.9 Å². The number of nitrogens with one attached hydrogen (secondary N) is 1. The predicted molar refractivity (Wildman–Crippen MR) is 104 cm³/mol. The maximum Gasteiger partial charge on any atom is 0.275 e. The van der Waals surface area contributed by atoms with Gasteiger partial charge in [0.25, 0.3) is 5.56 Å². The Bertz CT molecular complexity index is 1160. The molecule has 0 aliphatic heterocycles. The van der Waals surface area contributed by atoms with Crippen molar-refractivity contribution in [3.63, 3.8) is 0 Å². The van der Waals surface area contributed by atoms with Crippen LogP contribution in [-0.4, -0.2) is 31.3 Å². The highest BCUT2D eigenvalue weighted by molar-refractivity contribution is 7.20. The molecule has 0 aliphatic rings. The van der Waals surface area contributed by atoms with E-state index >= 15 is 0 Å². The number of rotatable bonds is 5. The molecule has 0 aliphatic carbocycles. The summed E-state index contributed by atoms with van der Waals surface area (Å²) in [5.74, 6) is 1.57. The number of imidazole rings is 1. The number of anilines is 1. The Morgan fingerprint density at radius 1 is 1.30 bits per heavy atom. The lowest BCUT2D eigenvalue weighted by Gasteiger charge is -2.19. The second kappa shape index (κ2) is 6.84. The van der Waals surface area contributed by atoms with Crippen molar-refractivity contribution in [1.82, 2.24) is 24.1 Å². The van der Waals surface area contributed by atoms with Gasteiger partial charge >= 0.3 is 0 Å². The van der Waals surface area contributed by atoms with Crippen LogP contribution in [-0.2, 0) is 7.05 Å². The van der Waals surface area contributed by atoms with E-state index < -0.39 is 0 Å². The van der Waals surface area contributed by atoms with E-state index in [9.17, 15) is 4.79 Å². The molecule has 0 bridgehead atoms. The Balaban J connectivity index is 1.79. The maximum absolute atomic E-state index is 12.1. The van der Waals surface area contributed by atoms with E-state index in [1.54, 1.807) is 20.2 Å². The second-order valence-electron chi connectivity index (χ2n) is 6.09. The Hall–Kier alpha value is -3.20. The van der Waals surface area contributed by atoms with Crippen LogP contribution in [0.5, 0.6) is 5.75 Å². The summed E-state index contributed by atoms with van der Waals surface area (Å²) in [7, 11) is 3.57. The molecule has 0 saturated carbocycles. The molecule has 1 N–H and O–H groups in total. The van der Waals surface area contributed by atoms with Gasteiger partial charge in [0.15, 0.2) is 0 Å². The molecule has 0 fully saturated rings. The lowest BCUT2D eigenvalue weighted by Crippen LogP contribution is -2.18. The van der Waals surface area contributed by atoms with Crippen molar-refractivity contribution in [3.05, 3.63) is 70.2 Å². The molecule has 0 amide bonds. The fourth-order valence-electron chi connectivity index (χ4n) is 2.88. The van der Waals surface area contributed by atoms with Crippen LogP contribution in [0.25, 0.3) is 4.96 Å². The van der Waals surface area contributed by atoms with Crippen LogP contribution in [0.2, 0.25) is 0 Å². The fourth-order valence-corrected chi connectivity index (χ4v) is 3.75. The first kappa shape index (κ1) is 17.2. The van der Waals surface area contributed by atoms with Crippen molar-refractivity contribution in [2.45, 2.75) is 13.0 Å². The van der Waals surface area contributed by atoms with Gasteiger partial charge in [-0.2, -0.15) is 4.52 Å². The molecule has 0 radical (unpaired) electrons. The van der Waals surface area contributed by atoms with E-state index in [0.717, 1.165) is 17.1 Å². The van der Waals surface area contributed by atoms with Crippen LogP contribution in [0, 0.1) is 6.92 Å². The SMILES string of the molecule is COc1cccc(C(Nc2nn3c(=O)cc(C)nc3s2)c2nccn2C)c1. The summed E-state index contributed by atoms with van der Waals surface area (Å²) >= 11 is 1.32. The van der Waals surface area contributed by atoms with E-state index in [4.69, 9.17) is 4.74 Å². The van der Waals surface area contributed by atoms with Crippen molar-refractivity contribution in [3.8, 4) is 5.75 Å². The Morgan fingerprint density at radius 3 is 2.89 bits per heavy atom. The third kappa shape index (κ3) is 3.28. The summed E-state index contributed by atoms with van der Waals surface area (Å²) in [6.07, 6.45) is 3.63. The van der Waals surface area contributed by atoms with Crippen LogP contribution in [0.3, 0.4) is 0 Å².